The van der Waals surface area contributed by atoms with Gasteiger partial charge in [-0.15, -0.1) is 0 Å². The van der Waals surface area contributed by atoms with Crippen molar-refractivity contribution in [1.82, 2.24) is 0 Å². The SMILES string of the molecule is CCC(C(=O)OC)=C(CC(C)C)C(=O)OC. The van der Waals surface area contributed by atoms with E-state index in [9.17, 15) is 9.59 Å². The first kappa shape index (κ1) is 14.7. The fraction of sp³-hybridized carbons (Fsp3) is 0.667. The maximum atomic E-state index is 11.6. The average Bonchev–Trinajstić information content (AvgIpc) is 2.26. The number of carbonyl (C=O) groups excluding carboxylic acids is 2. The summed E-state index contributed by atoms with van der Waals surface area (Å²) >= 11 is 0. The number of esters is 2. The maximum absolute atomic E-state index is 11.6. The Labute approximate surface area is 96.6 Å². The van der Waals surface area contributed by atoms with E-state index in [1.54, 1.807) is 0 Å². The molecule has 0 saturated carbocycles. The standard InChI is InChI=1S/C12H20O4/c1-6-9(11(13)15-4)10(7-8(2)3)12(14)16-5/h8H,6-7H2,1-5H3. The van der Waals surface area contributed by atoms with Gasteiger partial charge in [0.2, 0.25) is 0 Å². The van der Waals surface area contributed by atoms with Crippen molar-refractivity contribution in [3.63, 3.8) is 0 Å². The van der Waals surface area contributed by atoms with Gasteiger partial charge < -0.3 is 9.47 Å². The van der Waals surface area contributed by atoms with Gasteiger partial charge in [-0.2, -0.15) is 0 Å². The van der Waals surface area contributed by atoms with Crippen molar-refractivity contribution >= 4 is 11.9 Å². The van der Waals surface area contributed by atoms with E-state index >= 15 is 0 Å². The molecule has 0 radical (unpaired) electrons. The maximum Gasteiger partial charge on any atom is 0.334 e. The van der Waals surface area contributed by atoms with E-state index in [1.807, 2.05) is 20.8 Å². The smallest absolute Gasteiger partial charge is 0.334 e. The van der Waals surface area contributed by atoms with E-state index in [2.05, 4.69) is 9.47 Å². The summed E-state index contributed by atoms with van der Waals surface area (Å²) < 4.78 is 9.34. The van der Waals surface area contributed by atoms with Gasteiger partial charge in [0.05, 0.1) is 14.2 Å². The summed E-state index contributed by atoms with van der Waals surface area (Å²) in [6.07, 6.45) is 0.981. The van der Waals surface area contributed by atoms with Crippen LogP contribution in [0.3, 0.4) is 0 Å². The molecule has 0 fully saturated rings. The molecule has 0 atom stereocenters. The second kappa shape index (κ2) is 7.04. The molecule has 92 valence electrons. The first-order valence-corrected chi connectivity index (χ1v) is 5.36. The van der Waals surface area contributed by atoms with Crippen molar-refractivity contribution < 1.29 is 19.1 Å². The number of rotatable bonds is 5. The minimum absolute atomic E-state index is 0.278. The zero-order valence-corrected chi connectivity index (χ0v) is 10.6. The van der Waals surface area contributed by atoms with Crippen LogP contribution in [0.15, 0.2) is 11.1 Å². The number of ether oxygens (including phenoxy) is 2. The van der Waals surface area contributed by atoms with Crippen molar-refractivity contribution in [3.05, 3.63) is 11.1 Å². The molecular formula is C12H20O4. The van der Waals surface area contributed by atoms with Crippen molar-refractivity contribution in [2.75, 3.05) is 14.2 Å². The van der Waals surface area contributed by atoms with Crippen LogP contribution >= 0.6 is 0 Å². The highest BCUT2D eigenvalue weighted by Crippen LogP contribution is 2.20. The highest BCUT2D eigenvalue weighted by Gasteiger charge is 2.21. The Balaban J connectivity index is 5.28. The monoisotopic (exact) mass is 228 g/mol. The molecule has 0 unspecified atom stereocenters. The predicted octanol–water partition coefficient (Wildman–Crippen LogP) is 2.09. The van der Waals surface area contributed by atoms with E-state index in [-0.39, 0.29) is 5.92 Å². The van der Waals surface area contributed by atoms with Gasteiger partial charge in [0.1, 0.15) is 0 Å². The number of hydrogen-bond acceptors (Lipinski definition) is 4. The number of carbonyl (C=O) groups is 2. The molecule has 0 spiro atoms. The molecule has 0 amide bonds. The van der Waals surface area contributed by atoms with Gasteiger partial charge in [0.15, 0.2) is 0 Å². The number of methoxy groups -OCH3 is 2. The Hall–Kier alpha value is -1.32. The molecule has 4 nitrogen and oxygen atoms in total. The lowest BCUT2D eigenvalue weighted by atomic mass is 9.96. The molecule has 0 aliphatic carbocycles. The minimum Gasteiger partial charge on any atom is -0.466 e. The highest BCUT2D eigenvalue weighted by molar-refractivity contribution is 6.00. The van der Waals surface area contributed by atoms with E-state index in [1.165, 1.54) is 14.2 Å². The summed E-state index contributed by atoms with van der Waals surface area (Å²) in [7, 11) is 2.62. The van der Waals surface area contributed by atoms with Crippen molar-refractivity contribution in [2.45, 2.75) is 33.6 Å². The highest BCUT2D eigenvalue weighted by atomic mass is 16.5. The molecule has 0 rings (SSSR count). The summed E-state index contributed by atoms with van der Waals surface area (Å²) in [4.78, 5) is 23.1. The summed E-state index contributed by atoms with van der Waals surface area (Å²) in [5.74, 6) is -0.625. The lowest BCUT2D eigenvalue weighted by Crippen LogP contribution is -2.16. The lowest BCUT2D eigenvalue weighted by Gasteiger charge is -2.12. The van der Waals surface area contributed by atoms with E-state index < -0.39 is 11.9 Å². The van der Waals surface area contributed by atoms with E-state index in [0.717, 1.165) is 0 Å². The summed E-state index contributed by atoms with van der Waals surface area (Å²) in [6, 6.07) is 0. The Kier molecular flexibility index (Phi) is 6.46. The summed E-state index contributed by atoms with van der Waals surface area (Å²) in [5, 5.41) is 0. The third kappa shape index (κ3) is 4.04. The zero-order valence-electron chi connectivity index (χ0n) is 10.6. The molecule has 0 aromatic rings. The van der Waals surface area contributed by atoms with E-state index in [4.69, 9.17) is 0 Å². The Morgan fingerprint density at radius 1 is 1.00 bits per heavy atom. The largest absolute Gasteiger partial charge is 0.466 e. The predicted molar refractivity (Wildman–Crippen MR) is 60.8 cm³/mol. The minimum atomic E-state index is -0.455. The molecule has 0 aromatic heterocycles. The molecule has 16 heavy (non-hydrogen) atoms. The van der Waals surface area contributed by atoms with E-state index in [0.29, 0.717) is 24.0 Å². The van der Waals surface area contributed by atoms with Gasteiger partial charge in [-0.1, -0.05) is 20.8 Å². The fourth-order valence-electron chi connectivity index (χ4n) is 1.47. The van der Waals surface area contributed by atoms with Gasteiger partial charge in [-0.05, 0) is 18.8 Å². The molecule has 0 heterocycles. The van der Waals surface area contributed by atoms with Gasteiger partial charge in [-0.25, -0.2) is 9.59 Å². The summed E-state index contributed by atoms with van der Waals surface area (Å²) in [5.41, 5.74) is 0.829. The third-order valence-electron chi connectivity index (χ3n) is 2.19. The van der Waals surface area contributed by atoms with Crippen molar-refractivity contribution in [2.24, 2.45) is 5.92 Å². The first-order chi connectivity index (χ1) is 7.47. The Bertz CT molecular complexity index is 289. The zero-order chi connectivity index (χ0) is 12.7. The van der Waals surface area contributed by atoms with Gasteiger partial charge in [0, 0.05) is 11.1 Å². The van der Waals surface area contributed by atoms with Crippen LogP contribution in [0.4, 0.5) is 0 Å². The molecular weight excluding hydrogens is 208 g/mol. The second-order valence-corrected chi connectivity index (χ2v) is 3.89. The first-order valence-electron chi connectivity index (χ1n) is 5.36. The summed E-state index contributed by atoms with van der Waals surface area (Å²) in [6.45, 7) is 5.77. The van der Waals surface area contributed by atoms with Crippen LogP contribution in [0.2, 0.25) is 0 Å². The normalized spacial score (nSPS) is 12.1. The van der Waals surface area contributed by atoms with Crippen LogP contribution in [0.1, 0.15) is 33.6 Å². The number of hydrogen-bond donors (Lipinski definition) is 0. The molecule has 0 N–H and O–H groups in total. The molecule has 0 aromatic carbocycles. The van der Waals surface area contributed by atoms with Crippen LogP contribution in [-0.2, 0) is 19.1 Å². The van der Waals surface area contributed by atoms with Crippen LogP contribution < -0.4 is 0 Å². The topological polar surface area (TPSA) is 52.6 Å². The molecule has 0 bridgehead atoms. The second-order valence-electron chi connectivity index (χ2n) is 3.89. The van der Waals surface area contributed by atoms with Crippen LogP contribution in [-0.4, -0.2) is 26.2 Å². The van der Waals surface area contributed by atoms with Crippen molar-refractivity contribution in [1.29, 1.82) is 0 Å². The Morgan fingerprint density at radius 2 is 1.44 bits per heavy atom. The lowest BCUT2D eigenvalue weighted by molar-refractivity contribution is -0.139. The molecule has 0 aliphatic heterocycles. The Morgan fingerprint density at radius 3 is 1.75 bits per heavy atom. The van der Waals surface area contributed by atoms with Crippen molar-refractivity contribution in [3.8, 4) is 0 Å². The quantitative estimate of drug-likeness (QED) is 0.534. The average molecular weight is 228 g/mol. The van der Waals surface area contributed by atoms with Crippen LogP contribution in [0.25, 0.3) is 0 Å². The van der Waals surface area contributed by atoms with Crippen LogP contribution in [0, 0.1) is 5.92 Å². The third-order valence-corrected chi connectivity index (χ3v) is 2.19. The molecule has 0 aliphatic rings. The van der Waals surface area contributed by atoms with Gasteiger partial charge in [-0.3, -0.25) is 0 Å². The van der Waals surface area contributed by atoms with Gasteiger partial charge in [0.25, 0.3) is 0 Å². The fourth-order valence-corrected chi connectivity index (χ4v) is 1.47. The molecule has 4 heteroatoms. The van der Waals surface area contributed by atoms with Gasteiger partial charge >= 0.3 is 11.9 Å². The van der Waals surface area contributed by atoms with Crippen LogP contribution in [0.5, 0.6) is 0 Å². The molecule has 0 saturated heterocycles.